The minimum atomic E-state index is -0.832. The Morgan fingerprint density at radius 2 is 1.70 bits per heavy atom. The van der Waals surface area contributed by atoms with Gasteiger partial charge in [-0.15, -0.1) is 0 Å². The summed E-state index contributed by atoms with van der Waals surface area (Å²) in [6, 6.07) is 7.64. The molecular formula is C23H37N3O4. The molecule has 0 bridgehead atoms. The van der Waals surface area contributed by atoms with Crippen molar-refractivity contribution in [1.82, 2.24) is 15.5 Å². The highest BCUT2D eigenvalue weighted by atomic mass is 16.6. The normalized spacial score (nSPS) is 13.1. The van der Waals surface area contributed by atoms with Crippen molar-refractivity contribution in [3.05, 3.63) is 35.9 Å². The molecule has 0 aliphatic rings. The van der Waals surface area contributed by atoms with Gasteiger partial charge in [-0.1, -0.05) is 50.6 Å². The van der Waals surface area contributed by atoms with Gasteiger partial charge in [0.05, 0.1) is 0 Å². The third-order valence-corrected chi connectivity index (χ3v) is 4.36. The van der Waals surface area contributed by atoms with E-state index in [4.69, 9.17) is 4.74 Å². The number of hydrogen-bond donors (Lipinski definition) is 2. The van der Waals surface area contributed by atoms with Gasteiger partial charge >= 0.3 is 6.09 Å². The summed E-state index contributed by atoms with van der Waals surface area (Å²) in [5.41, 5.74) is 0.0691. The summed E-state index contributed by atoms with van der Waals surface area (Å²) < 4.78 is 5.26. The fourth-order valence-electron chi connectivity index (χ4n) is 3.00. The summed E-state index contributed by atoms with van der Waals surface area (Å²) in [5.74, 6) is -0.553. The molecule has 30 heavy (non-hydrogen) atoms. The van der Waals surface area contributed by atoms with Crippen LogP contribution in [0.15, 0.2) is 30.3 Å². The van der Waals surface area contributed by atoms with Crippen LogP contribution in [0, 0.1) is 0 Å². The van der Waals surface area contributed by atoms with Crippen molar-refractivity contribution in [3.8, 4) is 0 Å². The zero-order valence-electron chi connectivity index (χ0n) is 19.2. The molecule has 0 fully saturated rings. The number of rotatable bonds is 10. The van der Waals surface area contributed by atoms with E-state index in [-0.39, 0.29) is 11.8 Å². The number of alkyl carbamates (subject to hydrolysis) is 1. The van der Waals surface area contributed by atoms with Gasteiger partial charge in [0, 0.05) is 13.1 Å². The molecule has 0 saturated heterocycles. The number of unbranched alkanes of at least 4 members (excludes halogenated alkanes) is 1. The standard InChI is InChI=1S/C23H37N3O4/c1-7-9-15-24-20(27)19(18-13-11-10-12-14-18)26(16-8-2)21(28)17(3)25-22(29)30-23(4,5)6/h10-14,17,19H,7-9,15-16H2,1-6H3,(H,24,27)(H,25,29). The Hall–Kier alpha value is -2.57. The molecule has 7 nitrogen and oxygen atoms in total. The summed E-state index contributed by atoms with van der Waals surface area (Å²) in [6.45, 7) is 11.8. The number of nitrogens with one attached hydrogen (secondary N) is 2. The third kappa shape index (κ3) is 8.43. The molecule has 0 aromatic heterocycles. The second-order valence-corrected chi connectivity index (χ2v) is 8.36. The Labute approximate surface area is 180 Å². The van der Waals surface area contributed by atoms with E-state index in [0.29, 0.717) is 19.5 Å². The second kappa shape index (κ2) is 12.2. The van der Waals surface area contributed by atoms with Crippen molar-refractivity contribution in [2.75, 3.05) is 13.1 Å². The number of ether oxygens (including phenoxy) is 1. The largest absolute Gasteiger partial charge is 0.444 e. The summed E-state index contributed by atoms with van der Waals surface area (Å²) in [4.78, 5) is 40.0. The molecule has 2 atom stereocenters. The van der Waals surface area contributed by atoms with Crippen molar-refractivity contribution >= 4 is 17.9 Å². The molecule has 0 radical (unpaired) electrons. The van der Waals surface area contributed by atoms with Gasteiger partial charge in [-0.05, 0) is 46.1 Å². The lowest BCUT2D eigenvalue weighted by atomic mass is 10.0. The molecule has 0 aliphatic carbocycles. The van der Waals surface area contributed by atoms with E-state index in [1.807, 2.05) is 37.3 Å². The van der Waals surface area contributed by atoms with E-state index in [0.717, 1.165) is 18.4 Å². The zero-order valence-corrected chi connectivity index (χ0v) is 19.2. The van der Waals surface area contributed by atoms with Crippen molar-refractivity contribution in [2.45, 2.75) is 78.5 Å². The van der Waals surface area contributed by atoms with Crippen LogP contribution in [0.2, 0.25) is 0 Å². The van der Waals surface area contributed by atoms with E-state index >= 15 is 0 Å². The van der Waals surface area contributed by atoms with Crippen LogP contribution in [0.25, 0.3) is 0 Å². The van der Waals surface area contributed by atoms with Crippen LogP contribution >= 0.6 is 0 Å². The number of hydrogen-bond acceptors (Lipinski definition) is 4. The van der Waals surface area contributed by atoms with Crippen molar-refractivity contribution in [1.29, 1.82) is 0 Å². The summed E-state index contributed by atoms with van der Waals surface area (Å²) in [6.07, 6.45) is 1.84. The first-order valence-electron chi connectivity index (χ1n) is 10.7. The van der Waals surface area contributed by atoms with E-state index in [1.165, 1.54) is 0 Å². The van der Waals surface area contributed by atoms with Crippen LogP contribution in [-0.2, 0) is 14.3 Å². The van der Waals surface area contributed by atoms with Gasteiger partial charge in [0.2, 0.25) is 11.8 Å². The van der Waals surface area contributed by atoms with E-state index < -0.39 is 23.8 Å². The molecule has 1 rings (SSSR count). The van der Waals surface area contributed by atoms with Crippen LogP contribution in [0.5, 0.6) is 0 Å². The Morgan fingerprint density at radius 3 is 2.23 bits per heavy atom. The molecule has 0 spiro atoms. The molecule has 0 aliphatic heterocycles. The van der Waals surface area contributed by atoms with Crippen molar-refractivity contribution < 1.29 is 19.1 Å². The lowest BCUT2D eigenvalue weighted by molar-refractivity contribution is -0.142. The highest BCUT2D eigenvalue weighted by molar-refractivity contribution is 5.91. The highest BCUT2D eigenvalue weighted by Crippen LogP contribution is 2.23. The molecule has 2 unspecified atom stereocenters. The van der Waals surface area contributed by atoms with E-state index in [1.54, 1.807) is 32.6 Å². The molecule has 1 aromatic carbocycles. The molecular weight excluding hydrogens is 382 g/mol. The smallest absolute Gasteiger partial charge is 0.408 e. The van der Waals surface area contributed by atoms with Crippen molar-refractivity contribution in [3.63, 3.8) is 0 Å². The lowest BCUT2D eigenvalue weighted by Crippen LogP contribution is -2.52. The zero-order chi connectivity index (χ0) is 22.7. The molecule has 0 saturated carbocycles. The van der Waals surface area contributed by atoms with Gasteiger partial charge in [-0.3, -0.25) is 9.59 Å². The van der Waals surface area contributed by atoms with Gasteiger partial charge in [0.25, 0.3) is 0 Å². The Morgan fingerprint density at radius 1 is 1.07 bits per heavy atom. The minimum absolute atomic E-state index is 0.221. The first kappa shape index (κ1) is 25.5. The van der Waals surface area contributed by atoms with E-state index in [9.17, 15) is 14.4 Å². The average Bonchev–Trinajstić information content (AvgIpc) is 2.66. The van der Waals surface area contributed by atoms with Crippen LogP contribution in [0.4, 0.5) is 4.79 Å². The average molecular weight is 420 g/mol. The summed E-state index contributed by atoms with van der Waals surface area (Å²) in [5, 5.41) is 5.53. The number of nitrogens with zero attached hydrogens (tertiary/aromatic N) is 1. The van der Waals surface area contributed by atoms with Gasteiger partial charge in [0.1, 0.15) is 17.7 Å². The van der Waals surface area contributed by atoms with Gasteiger partial charge in [0.15, 0.2) is 0 Å². The quantitative estimate of drug-likeness (QED) is 0.565. The minimum Gasteiger partial charge on any atom is -0.444 e. The molecule has 2 N–H and O–H groups in total. The number of amides is 3. The number of carbonyl (C=O) groups excluding carboxylic acids is 3. The molecule has 168 valence electrons. The maximum Gasteiger partial charge on any atom is 0.408 e. The monoisotopic (exact) mass is 419 g/mol. The fraction of sp³-hybridized carbons (Fsp3) is 0.609. The topological polar surface area (TPSA) is 87.7 Å². The first-order chi connectivity index (χ1) is 14.1. The first-order valence-corrected chi connectivity index (χ1v) is 10.7. The predicted molar refractivity (Wildman–Crippen MR) is 118 cm³/mol. The molecule has 7 heteroatoms. The van der Waals surface area contributed by atoms with Crippen LogP contribution < -0.4 is 10.6 Å². The molecule has 0 heterocycles. The van der Waals surface area contributed by atoms with Crippen molar-refractivity contribution in [2.24, 2.45) is 0 Å². The Kier molecular flexibility index (Phi) is 10.4. The number of carbonyl (C=O) groups is 3. The predicted octanol–water partition coefficient (Wildman–Crippen LogP) is 3.80. The molecule has 1 aromatic rings. The van der Waals surface area contributed by atoms with Gasteiger partial charge in [-0.2, -0.15) is 0 Å². The van der Waals surface area contributed by atoms with Crippen LogP contribution in [0.3, 0.4) is 0 Å². The molecule has 3 amide bonds. The SMILES string of the molecule is CCCCNC(=O)C(c1ccccc1)N(CCC)C(=O)C(C)NC(=O)OC(C)(C)C. The van der Waals surface area contributed by atoms with Crippen LogP contribution in [0.1, 0.15) is 72.4 Å². The number of benzene rings is 1. The third-order valence-electron chi connectivity index (χ3n) is 4.36. The maximum absolute atomic E-state index is 13.3. The van der Waals surface area contributed by atoms with E-state index in [2.05, 4.69) is 17.6 Å². The van der Waals surface area contributed by atoms with Gasteiger partial charge in [-0.25, -0.2) is 4.79 Å². The fourth-order valence-corrected chi connectivity index (χ4v) is 3.00. The second-order valence-electron chi connectivity index (χ2n) is 8.36. The lowest BCUT2D eigenvalue weighted by Gasteiger charge is -2.33. The maximum atomic E-state index is 13.3. The van der Waals surface area contributed by atoms with Gasteiger partial charge < -0.3 is 20.3 Å². The Bertz CT molecular complexity index is 685. The highest BCUT2D eigenvalue weighted by Gasteiger charge is 2.34. The Balaban J connectivity index is 3.09. The summed E-state index contributed by atoms with van der Waals surface area (Å²) in [7, 11) is 0. The van der Waals surface area contributed by atoms with Crippen LogP contribution in [-0.4, -0.2) is 47.5 Å². The summed E-state index contributed by atoms with van der Waals surface area (Å²) >= 11 is 0.